The highest BCUT2D eigenvalue weighted by molar-refractivity contribution is 6.22. The number of hydrogen-bond acceptors (Lipinski definition) is 4. The van der Waals surface area contributed by atoms with Gasteiger partial charge in [0.15, 0.2) is 0 Å². The number of ether oxygens (including phenoxy) is 1. The van der Waals surface area contributed by atoms with Crippen LogP contribution in [0.4, 0.5) is 0 Å². The predicted molar refractivity (Wildman–Crippen MR) is 66.0 cm³/mol. The van der Waals surface area contributed by atoms with Crippen molar-refractivity contribution in [2.24, 2.45) is 0 Å². The molecule has 0 amide bonds. The maximum atomic E-state index is 11.6. The molecule has 0 aliphatic heterocycles. The van der Waals surface area contributed by atoms with Gasteiger partial charge in [0.25, 0.3) is 0 Å². The quantitative estimate of drug-likeness (QED) is 0.363. The fourth-order valence-electron chi connectivity index (χ4n) is 1.37. The zero-order valence-corrected chi connectivity index (χ0v) is 9.86. The van der Waals surface area contributed by atoms with E-state index in [4.69, 9.17) is 10.1 Å². The Hall–Kier alpha value is -2.10. The summed E-state index contributed by atoms with van der Waals surface area (Å²) in [4.78, 5) is 11.6. The van der Waals surface area contributed by atoms with Crippen LogP contribution in [0.25, 0.3) is 5.76 Å². The Morgan fingerprint density at radius 1 is 1.35 bits per heavy atom. The number of esters is 1. The molecule has 0 saturated carbocycles. The molecule has 17 heavy (non-hydrogen) atoms. The van der Waals surface area contributed by atoms with Crippen LogP contribution >= 0.6 is 0 Å². The van der Waals surface area contributed by atoms with Gasteiger partial charge >= 0.3 is 5.97 Å². The van der Waals surface area contributed by atoms with Crippen LogP contribution in [0.2, 0.25) is 0 Å². The summed E-state index contributed by atoms with van der Waals surface area (Å²) >= 11 is 0. The summed E-state index contributed by atoms with van der Waals surface area (Å²) in [6, 6.07) is 8.62. The molecule has 1 aromatic carbocycles. The number of carbonyl (C=O) groups is 1. The van der Waals surface area contributed by atoms with Crippen LogP contribution in [0, 0.1) is 5.41 Å². The van der Waals surface area contributed by atoms with Crippen molar-refractivity contribution in [1.82, 2.24) is 0 Å². The van der Waals surface area contributed by atoms with Gasteiger partial charge in [0.2, 0.25) is 0 Å². The van der Waals surface area contributed by atoms with E-state index in [-0.39, 0.29) is 23.7 Å². The molecule has 4 heteroatoms. The van der Waals surface area contributed by atoms with Crippen LogP contribution in [0.15, 0.2) is 35.9 Å². The smallest absolute Gasteiger partial charge is 0.343 e. The van der Waals surface area contributed by atoms with Crippen molar-refractivity contribution in [3.05, 3.63) is 41.5 Å². The number of nitrogens with one attached hydrogen (secondary N) is 1. The van der Waals surface area contributed by atoms with Gasteiger partial charge in [0.05, 0.1) is 6.61 Å². The molecule has 0 fully saturated rings. The van der Waals surface area contributed by atoms with Gasteiger partial charge in [0.1, 0.15) is 11.3 Å². The molecule has 0 unspecified atom stereocenters. The molecule has 0 saturated heterocycles. The third-order valence-corrected chi connectivity index (χ3v) is 2.14. The monoisotopic (exact) mass is 233 g/mol. The molecular formula is C13H15NO3. The second kappa shape index (κ2) is 5.84. The highest BCUT2D eigenvalue weighted by Gasteiger charge is 2.19. The molecule has 0 radical (unpaired) electrons. The van der Waals surface area contributed by atoms with Crippen LogP contribution in [0.3, 0.4) is 0 Å². The molecule has 0 aromatic heterocycles. The molecule has 0 aliphatic rings. The number of benzene rings is 1. The molecule has 0 spiro atoms. The van der Waals surface area contributed by atoms with Gasteiger partial charge in [-0.15, -0.1) is 0 Å². The van der Waals surface area contributed by atoms with Crippen molar-refractivity contribution in [3.63, 3.8) is 0 Å². The largest absolute Gasteiger partial charge is 0.506 e. The lowest BCUT2D eigenvalue weighted by Crippen LogP contribution is -2.15. The van der Waals surface area contributed by atoms with E-state index in [0.29, 0.717) is 5.56 Å². The van der Waals surface area contributed by atoms with Gasteiger partial charge in [-0.05, 0) is 13.8 Å². The predicted octanol–water partition coefficient (Wildman–Crippen LogP) is 2.56. The first kappa shape index (κ1) is 13.0. The lowest BCUT2D eigenvalue weighted by Gasteiger charge is -2.08. The molecule has 90 valence electrons. The topological polar surface area (TPSA) is 70.4 Å². The average molecular weight is 233 g/mol. The molecule has 0 atom stereocenters. The van der Waals surface area contributed by atoms with Gasteiger partial charge in [-0.3, -0.25) is 0 Å². The van der Waals surface area contributed by atoms with E-state index < -0.39 is 5.97 Å². The summed E-state index contributed by atoms with van der Waals surface area (Å²) in [5.74, 6) is -0.905. The number of carbonyl (C=O) groups excluding carboxylic acids is 1. The molecule has 0 bridgehead atoms. The SMILES string of the molecule is CCOC(=O)/C(C(C)=N)=C(/O)c1ccccc1. The Kier molecular flexibility index (Phi) is 4.46. The second-order valence-electron chi connectivity index (χ2n) is 3.44. The third kappa shape index (κ3) is 3.17. The van der Waals surface area contributed by atoms with Crippen molar-refractivity contribution in [2.75, 3.05) is 6.61 Å². The van der Waals surface area contributed by atoms with Crippen LogP contribution in [0.1, 0.15) is 19.4 Å². The van der Waals surface area contributed by atoms with Crippen LogP contribution in [-0.2, 0) is 9.53 Å². The van der Waals surface area contributed by atoms with E-state index in [0.717, 1.165) is 0 Å². The Balaban J connectivity index is 3.21. The van der Waals surface area contributed by atoms with Crippen molar-refractivity contribution in [1.29, 1.82) is 5.41 Å². The van der Waals surface area contributed by atoms with Crippen LogP contribution < -0.4 is 0 Å². The second-order valence-corrected chi connectivity index (χ2v) is 3.44. The summed E-state index contributed by atoms with van der Waals surface area (Å²) in [6.45, 7) is 3.32. The zero-order valence-electron chi connectivity index (χ0n) is 9.86. The lowest BCUT2D eigenvalue weighted by molar-refractivity contribution is -0.137. The van der Waals surface area contributed by atoms with Gasteiger partial charge in [0, 0.05) is 11.3 Å². The molecular weight excluding hydrogens is 218 g/mol. The first-order valence-electron chi connectivity index (χ1n) is 5.29. The lowest BCUT2D eigenvalue weighted by atomic mass is 10.1. The van der Waals surface area contributed by atoms with Crippen LogP contribution in [-0.4, -0.2) is 23.4 Å². The van der Waals surface area contributed by atoms with E-state index in [1.807, 2.05) is 0 Å². The summed E-state index contributed by atoms with van der Waals surface area (Å²) in [7, 11) is 0. The van der Waals surface area contributed by atoms with Crippen molar-refractivity contribution in [3.8, 4) is 0 Å². The van der Waals surface area contributed by atoms with E-state index in [2.05, 4.69) is 0 Å². The fraction of sp³-hybridized carbons (Fsp3) is 0.231. The highest BCUT2D eigenvalue weighted by atomic mass is 16.5. The van der Waals surface area contributed by atoms with Gasteiger partial charge < -0.3 is 15.3 Å². The summed E-state index contributed by atoms with van der Waals surface area (Å²) in [5.41, 5.74) is 0.366. The molecule has 0 heterocycles. The minimum atomic E-state index is -0.679. The molecule has 2 N–H and O–H groups in total. The first-order valence-corrected chi connectivity index (χ1v) is 5.29. The summed E-state index contributed by atoms with van der Waals surface area (Å²) < 4.78 is 4.81. The number of aliphatic hydroxyl groups is 1. The van der Waals surface area contributed by atoms with Gasteiger partial charge in [-0.25, -0.2) is 4.79 Å². The number of hydrogen-bond donors (Lipinski definition) is 2. The minimum Gasteiger partial charge on any atom is -0.506 e. The Labute approximate surface area is 100 Å². The maximum absolute atomic E-state index is 11.6. The molecule has 4 nitrogen and oxygen atoms in total. The van der Waals surface area contributed by atoms with Crippen molar-refractivity contribution >= 4 is 17.4 Å². The summed E-state index contributed by atoms with van der Waals surface area (Å²) in [5, 5.41) is 17.5. The van der Waals surface area contributed by atoms with E-state index in [1.54, 1.807) is 37.3 Å². The number of rotatable bonds is 4. The minimum absolute atomic E-state index is 0.0233. The van der Waals surface area contributed by atoms with Crippen molar-refractivity contribution in [2.45, 2.75) is 13.8 Å². The Morgan fingerprint density at radius 2 is 1.94 bits per heavy atom. The molecule has 0 aliphatic carbocycles. The van der Waals surface area contributed by atoms with E-state index in [1.165, 1.54) is 6.92 Å². The first-order chi connectivity index (χ1) is 8.07. The molecule has 1 rings (SSSR count). The number of aliphatic hydroxyl groups excluding tert-OH is 1. The molecule has 1 aromatic rings. The zero-order chi connectivity index (χ0) is 12.8. The Morgan fingerprint density at radius 3 is 2.41 bits per heavy atom. The third-order valence-electron chi connectivity index (χ3n) is 2.14. The van der Waals surface area contributed by atoms with Crippen molar-refractivity contribution < 1.29 is 14.6 Å². The summed E-state index contributed by atoms with van der Waals surface area (Å²) in [6.07, 6.45) is 0. The van der Waals surface area contributed by atoms with Gasteiger partial charge in [-0.2, -0.15) is 0 Å². The fourth-order valence-corrected chi connectivity index (χ4v) is 1.37. The normalized spacial score (nSPS) is 11.6. The maximum Gasteiger partial charge on any atom is 0.343 e. The van der Waals surface area contributed by atoms with Gasteiger partial charge in [-0.1, -0.05) is 30.3 Å². The average Bonchev–Trinajstić information content (AvgIpc) is 2.30. The highest BCUT2D eigenvalue weighted by Crippen LogP contribution is 2.17. The Bertz CT molecular complexity index is 449. The van der Waals surface area contributed by atoms with E-state index in [9.17, 15) is 9.90 Å². The standard InChI is InChI=1S/C13H15NO3/c1-3-17-13(16)11(9(2)14)12(15)10-7-5-4-6-8-10/h4-8,14-15H,3H2,1-2H3/b12-11+,14-9?. The van der Waals surface area contributed by atoms with E-state index >= 15 is 0 Å². The van der Waals surface area contributed by atoms with Crippen LogP contribution in [0.5, 0.6) is 0 Å².